The Hall–Kier alpha value is -2.55. The second-order valence-electron chi connectivity index (χ2n) is 12.1. The summed E-state index contributed by atoms with van der Waals surface area (Å²) in [6, 6.07) is 7.28. The molecule has 204 valence electrons. The van der Waals surface area contributed by atoms with Gasteiger partial charge in [-0.05, 0) is 66.8 Å². The lowest BCUT2D eigenvalue weighted by Crippen LogP contribution is -2.50. The quantitative estimate of drug-likeness (QED) is 0.445. The van der Waals surface area contributed by atoms with Crippen molar-refractivity contribution in [2.24, 2.45) is 5.41 Å². The van der Waals surface area contributed by atoms with Crippen LogP contribution >= 0.6 is 11.6 Å². The number of carbonyl (C=O) groups is 2. The highest BCUT2D eigenvalue weighted by Crippen LogP contribution is 2.57. The summed E-state index contributed by atoms with van der Waals surface area (Å²) in [5.41, 5.74) is -0.542. The Kier molecular flexibility index (Phi) is 7.03. The molecule has 2 amide bonds. The number of aliphatic hydroxyl groups excluding tert-OH is 1. The number of hydrogen-bond acceptors (Lipinski definition) is 4. The minimum absolute atomic E-state index is 0.0222. The number of amides is 2. The maximum Gasteiger partial charge on any atom is 0.238 e. The van der Waals surface area contributed by atoms with Gasteiger partial charge in [-0.2, -0.15) is 0 Å². The first-order chi connectivity index (χ1) is 17.9. The van der Waals surface area contributed by atoms with Crippen LogP contribution in [0, 0.1) is 17.0 Å². The lowest BCUT2D eigenvalue weighted by molar-refractivity contribution is -0.124. The molecule has 6 nitrogen and oxygen atoms in total. The van der Waals surface area contributed by atoms with E-state index < -0.39 is 35.1 Å². The third kappa shape index (κ3) is 4.61. The summed E-state index contributed by atoms with van der Waals surface area (Å²) in [4.78, 5) is 28.0. The van der Waals surface area contributed by atoms with E-state index in [1.807, 2.05) is 20.8 Å². The van der Waals surface area contributed by atoms with Gasteiger partial charge in [0.1, 0.15) is 5.41 Å². The minimum Gasteiger partial charge on any atom is -0.393 e. The van der Waals surface area contributed by atoms with Crippen molar-refractivity contribution in [1.29, 1.82) is 0 Å². The van der Waals surface area contributed by atoms with Gasteiger partial charge in [0.25, 0.3) is 0 Å². The zero-order chi connectivity index (χ0) is 27.4. The van der Waals surface area contributed by atoms with E-state index in [0.717, 1.165) is 6.07 Å². The SMILES string of the molecule is CC(C)(C)C[C@@H]1N[C@@H](C(=O)NC2CCC(O)CC2)[C@H](c2cccc(F)c2F)[C@@]12C(=O)Nc1cc(Cl)ccc12. The molecule has 0 bridgehead atoms. The lowest BCUT2D eigenvalue weighted by atomic mass is 9.62. The first kappa shape index (κ1) is 27.0. The Labute approximate surface area is 226 Å². The zero-order valence-electron chi connectivity index (χ0n) is 21.8. The van der Waals surface area contributed by atoms with Gasteiger partial charge in [-0.3, -0.25) is 9.59 Å². The van der Waals surface area contributed by atoms with Crippen LogP contribution in [0.5, 0.6) is 0 Å². The predicted octanol–water partition coefficient (Wildman–Crippen LogP) is 4.79. The molecule has 9 heteroatoms. The van der Waals surface area contributed by atoms with Crippen LogP contribution < -0.4 is 16.0 Å². The molecule has 1 spiro atoms. The Morgan fingerprint density at radius 3 is 2.55 bits per heavy atom. The van der Waals surface area contributed by atoms with E-state index in [4.69, 9.17) is 11.6 Å². The number of nitrogens with one attached hydrogen (secondary N) is 3. The molecule has 1 saturated carbocycles. The van der Waals surface area contributed by atoms with Crippen molar-refractivity contribution in [3.8, 4) is 0 Å². The number of fused-ring (bicyclic) bond motifs is 2. The monoisotopic (exact) mass is 545 g/mol. The van der Waals surface area contributed by atoms with Crippen molar-refractivity contribution < 1.29 is 23.5 Å². The summed E-state index contributed by atoms with van der Waals surface area (Å²) in [7, 11) is 0. The topological polar surface area (TPSA) is 90.5 Å². The van der Waals surface area contributed by atoms with Gasteiger partial charge >= 0.3 is 0 Å². The largest absolute Gasteiger partial charge is 0.393 e. The smallest absolute Gasteiger partial charge is 0.238 e. The normalized spacial score (nSPS) is 30.8. The van der Waals surface area contributed by atoms with E-state index in [0.29, 0.717) is 48.4 Å². The first-order valence-corrected chi connectivity index (χ1v) is 13.6. The standard InChI is InChI=1S/C29H34ClF2N3O3/c1-28(2,3)14-22-29(19-12-7-15(30)13-21(19)34-27(29)38)23(18-5-4-6-20(31)24(18)32)25(35-22)26(37)33-16-8-10-17(36)11-9-16/h4-7,12-13,16-17,22-23,25,35-36H,8-11,14H2,1-3H3,(H,33,37)(H,34,38)/t16?,17?,22-,23-,25+,29-/m0/s1. The second kappa shape index (κ2) is 9.88. The van der Waals surface area contributed by atoms with Crippen LogP contribution in [0.25, 0.3) is 0 Å². The highest BCUT2D eigenvalue weighted by molar-refractivity contribution is 6.31. The molecule has 2 aromatic carbocycles. The lowest BCUT2D eigenvalue weighted by Gasteiger charge is -2.37. The molecule has 2 heterocycles. The van der Waals surface area contributed by atoms with Crippen LogP contribution in [0.3, 0.4) is 0 Å². The highest BCUT2D eigenvalue weighted by atomic mass is 35.5. The molecule has 5 rings (SSSR count). The van der Waals surface area contributed by atoms with Crippen LogP contribution in [0.1, 0.15) is 69.9 Å². The molecule has 2 fully saturated rings. The molecule has 0 aromatic heterocycles. The number of aliphatic hydroxyl groups is 1. The maximum absolute atomic E-state index is 15.5. The van der Waals surface area contributed by atoms with Gasteiger partial charge in [0.2, 0.25) is 11.8 Å². The molecular formula is C29H34ClF2N3O3. The Bertz CT molecular complexity index is 1260. The fourth-order valence-electron chi connectivity index (χ4n) is 6.66. The van der Waals surface area contributed by atoms with Crippen molar-refractivity contribution in [3.05, 3.63) is 64.2 Å². The number of carbonyl (C=O) groups excluding carboxylic acids is 2. The first-order valence-electron chi connectivity index (χ1n) is 13.2. The van der Waals surface area contributed by atoms with Crippen LogP contribution in [-0.4, -0.2) is 41.2 Å². The zero-order valence-corrected chi connectivity index (χ0v) is 22.5. The van der Waals surface area contributed by atoms with Crippen LogP contribution in [0.15, 0.2) is 36.4 Å². The molecule has 4 atom stereocenters. The van der Waals surface area contributed by atoms with Crippen molar-refractivity contribution >= 4 is 29.1 Å². The molecule has 2 aromatic rings. The summed E-state index contributed by atoms with van der Waals surface area (Å²) in [5, 5.41) is 19.7. The Balaban J connectivity index is 1.67. The van der Waals surface area contributed by atoms with Gasteiger partial charge in [-0.1, -0.05) is 50.6 Å². The molecule has 2 aliphatic heterocycles. The molecule has 1 aliphatic carbocycles. The molecule has 4 N–H and O–H groups in total. The molecule has 38 heavy (non-hydrogen) atoms. The van der Waals surface area contributed by atoms with E-state index >= 15 is 4.39 Å². The van der Waals surface area contributed by atoms with E-state index in [2.05, 4.69) is 16.0 Å². The molecular weight excluding hydrogens is 512 g/mol. The van der Waals surface area contributed by atoms with Crippen molar-refractivity contribution in [3.63, 3.8) is 0 Å². The molecule has 0 radical (unpaired) electrons. The minimum atomic E-state index is -1.38. The van der Waals surface area contributed by atoms with Gasteiger partial charge in [0.05, 0.1) is 12.1 Å². The van der Waals surface area contributed by atoms with Gasteiger partial charge in [-0.15, -0.1) is 0 Å². The van der Waals surface area contributed by atoms with Crippen molar-refractivity contribution in [2.45, 2.75) is 88.4 Å². The third-order valence-electron chi connectivity index (χ3n) is 8.26. The van der Waals surface area contributed by atoms with Crippen LogP contribution in [0.2, 0.25) is 5.02 Å². The Morgan fingerprint density at radius 1 is 1.16 bits per heavy atom. The summed E-state index contributed by atoms with van der Waals surface area (Å²) < 4.78 is 30.2. The maximum atomic E-state index is 15.5. The van der Waals surface area contributed by atoms with Crippen molar-refractivity contribution in [1.82, 2.24) is 10.6 Å². The molecule has 1 saturated heterocycles. The Morgan fingerprint density at radius 2 is 1.87 bits per heavy atom. The fraction of sp³-hybridized carbons (Fsp3) is 0.517. The number of halogens is 3. The van der Waals surface area contributed by atoms with Crippen LogP contribution in [-0.2, 0) is 15.0 Å². The molecule has 0 unspecified atom stereocenters. The number of benzene rings is 2. The number of anilines is 1. The second-order valence-corrected chi connectivity index (χ2v) is 12.5. The van der Waals surface area contributed by atoms with E-state index in [1.165, 1.54) is 12.1 Å². The molecule has 3 aliphatic rings. The summed E-state index contributed by atoms with van der Waals surface area (Å²) in [5.74, 6) is -3.87. The fourth-order valence-corrected chi connectivity index (χ4v) is 6.84. The summed E-state index contributed by atoms with van der Waals surface area (Å²) in [6.07, 6.45) is 2.52. The average Bonchev–Trinajstić information content (AvgIpc) is 3.31. The van der Waals surface area contributed by atoms with Gasteiger partial charge in [0.15, 0.2) is 11.6 Å². The number of hydrogen-bond donors (Lipinski definition) is 4. The van der Waals surface area contributed by atoms with Gasteiger partial charge < -0.3 is 21.1 Å². The van der Waals surface area contributed by atoms with E-state index in [9.17, 15) is 19.1 Å². The highest BCUT2D eigenvalue weighted by Gasteiger charge is 2.66. The summed E-state index contributed by atoms with van der Waals surface area (Å²) in [6.45, 7) is 6.11. The van der Waals surface area contributed by atoms with Gasteiger partial charge in [-0.25, -0.2) is 8.78 Å². The van der Waals surface area contributed by atoms with Crippen LogP contribution in [0.4, 0.5) is 14.5 Å². The average molecular weight is 546 g/mol. The summed E-state index contributed by atoms with van der Waals surface area (Å²) >= 11 is 6.25. The van der Waals surface area contributed by atoms with E-state index in [-0.39, 0.29) is 34.9 Å². The van der Waals surface area contributed by atoms with E-state index in [1.54, 1.807) is 18.2 Å². The van der Waals surface area contributed by atoms with Gasteiger partial charge in [0, 0.05) is 28.7 Å². The van der Waals surface area contributed by atoms with Crippen molar-refractivity contribution in [2.75, 3.05) is 5.32 Å². The number of rotatable bonds is 4. The predicted molar refractivity (Wildman–Crippen MR) is 142 cm³/mol. The third-order valence-corrected chi connectivity index (χ3v) is 8.50.